The fourth-order valence-electron chi connectivity index (χ4n) is 0.864. The lowest BCUT2D eigenvalue weighted by Crippen LogP contribution is -2.56. The monoisotopic (exact) mass is 144 g/mol. The predicted octanol–water partition coefficient (Wildman–Crippen LogP) is 1.41. The van der Waals surface area contributed by atoms with Crippen LogP contribution in [0.25, 0.3) is 0 Å². The molecule has 0 aliphatic carbocycles. The van der Waals surface area contributed by atoms with Gasteiger partial charge in [0, 0.05) is 5.54 Å². The van der Waals surface area contributed by atoms with Gasteiger partial charge in [-0.15, -0.1) is 0 Å². The van der Waals surface area contributed by atoms with Gasteiger partial charge in [0.2, 0.25) is 0 Å². The van der Waals surface area contributed by atoms with E-state index >= 15 is 0 Å². The first kappa shape index (κ1) is 9.92. The zero-order valence-corrected chi connectivity index (χ0v) is 8.02. The Morgan fingerprint density at radius 2 is 1.30 bits per heavy atom. The van der Waals surface area contributed by atoms with Crippen molar-refractivity contribution in [2.24, 2.45) is 5.73 Å². The highest BCUT2D eigenvalue weighted by Gasteiger charge is 2.27. The predicted molar refractivity (Wildman–Crippen MR) is 45.8 cm³/mol. The van der Waals surface area contributed by atoms with Crippen molar-refractivity contribution in [3.63, 3.8) is 0 Å². The lowest BCUT2D eigenvalue weighted by Gasteiger charge is -2.42. The second-order valence-electron chi connectivity index (χ2n) is 4.38. The average Bonchev–Trinajstić information content (AvgIpc) is 1.59. The van der Waals surface area contributed by atoms with E-state index < -0.39 is 0 Å². The van der Waals surface area contributed by atoms with Crippen molar-refractivity contribution in [2.45, 2.75) is 45.8 Å². The molecule has 0 aromatic carbocycles. The molecule has 0 fully saturated rings. The van der Waals surface area contributed by atoms with Crippen LogP contribution in [0.4, 0.5) is 0 Å². The molecule has 0 saturated carbocycles. The summed E-state index contributed by atoms with van der Waals surface area (Å²) in [5.41, 5.74) is 5.82. The number of hydrogen-bond acceptors (Lipinski definition) is 2. The fourth-order valence-corrected chi connectivity index (χ4v) is 0.864. The molecule has 0 rings (SSSR count). The lowest BCUT2D eigenvalue weighted by molar-refractivity contribution is 0.0614. The standard InChI is InChI=1S/C8H20N2/c1-7(2,3)10(6)8(4,5)9/h9H2,1-6H3. The first-order valence-corrected chi connectivity index (χ1v) is 3.68. The maximum absolute atomic E-state index is 5.89. The third-order valence-electron chi connectivity index (χ3n) is 1.87. The van der Waals surface area contributed by atoms with Gasteiger partial charge in [-0.2, -0.15) is 0 Å². The molecule has 0 spiro atoms. The fraction of sp³-hybridized carbons (Fsp3) is 1.00. The summed E-state index contributed by atoms with van der Waals surface area (Å²) in [6.45, 7) is 10.5. The maximum Gasteiger partial charge on any atom is 0.0630 e. The van der Waals surface area contributed by atoms with Crippen molar-refractivity contribution in [3.05, 3.63) is 0 Å². The van der Waals surface area contributed by atoms with Gasteiger partial charge in [-0.05, 0) is 41.7 Å². The minimum absolute atomic E-state index is 0.151. The van der Waals surface area contributed by atoms with Gasteiger partial charge < -0.3 is 5.73 Å². The molecule has 0 heterocycles. The highest BCUT2D eigenvalue weighted by molar-refractivity contribution is 4.82. The molecule has 0 atom stereocenters. The van der Waals surface area contributed by atoms with E-state index in [2.05, 4.69) is 25.7 Å². The summed E-state index contributed by atoms with van der Waals surface area (Å²) < 4.78 is 0. The lowest BCUT2D eigenvalue weighted by atomic mass is 10.0. The molecule has 2 nitrogen and oxygen atoms in total. The van der Waals surface area contributed by atoms with Crippen LogP contribution in [0.1, 0.15) is 34.6 Å². The number of nitrogens with two attached hydrogens (primary N) is 1. The first-order valence-electron chi connectivity index (χ1n) is 3.68. The quantitative estimate of drug-likeness (QED) is 0.564. The van der Waals surface area contributed by atoms with Gasteiger partial charge in [0.05, 0.1) is 5.66 Å². The molecule has 0 unspecified atom stereocenters. The summed E-state index contributed by atoms with van der Waals surface area (Å²) in [6.07, 6.45) is 0. The van der Waals surface area contributed by atoms with Crippen molar-refractivity contribution in [1.82, 2.24) is 4.90 Å². The van der Waals surface area contributed by atoms with E-state index in [4.69, 9.17) is 5.73 Å². The first-order chi connectivity index (χ1) is 4.15. The van der Waals surface area contributed by atoms with Crippen LogP contribution in [0.3, 0.4) is 0 Å². The minimum Gasteiger partial charge on any atom is -0.314 e. The zero-order valence-electron chi connectivity index (χ0n) is 8.02. The third-order valence-corrected chi connectivity index (χ3v) is 1.87. The molecule has 0 saturated heterocycles. The van der Waals surface area contributed by atoms with Gasteiger partial charge >= 0.3 is 0 Å². The van der Waals surface area contributed by atoms with Crippen molar-refractivity contribution in [3.8, 4) is 0 Å². The molecule has 0 aliphatic heterocycles. The van der Waals surface area contributed by atoms with E-state index in [1.165, 1.54) is 0 Å². The third kappa shape index (κ3) is 2.67. The Bertz CT molecular complexity index is 91.4. The molecule has 0 aliphatic rings. The Hall–Kier alpha value is -0.0800. The van der Waals surface area contributed by atoms with Crippen LogP contribution in [0.15, 0.2) is 0 Å². The normalized spacial score (nSPS) is 14.4. The van der Waals surface area contributed by atoms with Crippen molar-refractivity contribution >= 4 is 0 Å². The molecule has 0 aromatic rings. The summed E-state index contributed by atoms with van der Waals surface area (Å²) in [5, 5.41) is 0. The van der Waals surface area contributed by atoms with Crippen LogP contribution in [0.2, 0.25) is 0 Å². The van der Waals surface area contributed by atoms with Gasteiger partial charge in [0.25, 0.3) is 0 Å². The summed E-state index contributed by atoms with van der Waals surface area (Å²) in [5.74, 6) is 0. The molecule has 0 aromatic heterocycles. The number of rotatable bonds is 1. The Labute approximate surface area is 64.4 Å². The second kappa shape index (κ2) is 2.51. The van der Waals surface area contributed by atoms with Gasteiger partial charge in [-0.25, -0.2) is 0 Å². The molecule has 2 heteroatoms. The molecule has 62 valence electrons. The molecule has 2 N–H and O–H groups in total. The van der Waals surface area contributed by atoms with Gasteiger partial charge in [0.1, 0.15) is 0 Å². The van der Waals surface area contributed by atoms with Crippen LogP contribution in [0.5, 0.6) is 0 Å². The summed E-state index contributed by atoms with van der Waals surface area (Å²) >= 11 is 0. The smallest absolute Gasteiger partial charge is 0.0630 e. The Morgan fingerprint density at radius 3 is 1.30 bits per heavy atom. The summed E-state index contributed by atoms with van der Waals surface area (Å²) in [7, 11) is 2.04. The summed E-state index contributed by atoms with van der Waals surface area (Å²) in [4.78, 5) is 2.15. The highest BCUT2D eigenvalue weighted by atomic mass is 15.3. The van der Waals surface area contributed by atoms with Crippen LogP contribution in [0, 0.1) is 0 Å². The average molecular weight is 144 g/mol. The second-order valence-corrected chi connectivity index (χ2v) is 4.38. The van der Waals surface area contributed by atoms with Crippen LogP contribution < -0.4 is 5.73 Å². The zero-order chi connectivity index (χ0) is 8.58. The highest BCUT2D eigenvalue weighted by Crippen LogP contribution is 2.17. The van der Waals surface area contributed by atoms with Crippen LogP contribution in [-0.2, 0) is 0 Å². The van der Waals surface area contributed by atoms with Gasteiger partial charge in [0.15, 0.2) is 0 Å². The van der Waals surface area contributed by atoms with Crippen LogP contribution in [-0.4, -0.2) is 23.1 Å². The molecular formula is C8H20N2. The Kier molecular flexibility index (Phi) is 2.49. The van der Waals surface area contributed by atoms with Crippen molar-refractivity contribution < 1.29 is 0 Å². The van der Waals surface area contributed by atoms with Crippen LogP contribution >= 0.6 is 0 Å². The Balaban J connectivity index is 4.23. The number of nitrogens with zero attached hydrogens (tertiary/aromatic N) is 1. The molecular weight excluding hydrogens is 124 g/mol. The van der Waals surface area contributed by atoms with E-state index in [9.17, 15) is 0 Å². The largest absolute Gasteiger partial charge is 0.314 e. The van der Waals surface area contributed by atoms with E-state index in [-0.39, 0.29) is 11.2 Å². The van der Waals surface area contributed by atoms with Gasteiger partial charge in [-0.1, -0.05) is 0 Å². The molecule has 0 radical (unpaired) electrons. The molecule has 10 heavy (non-hydrogen) atoms. The SMILES string of the molecule is CN(C(C)(C)C)C(C)(C)N. The van der Waals surface area contributed by atoms with Crippen molar-refractivity contribution in [1.29, 1.82) is 0 Å². The topological polar surface area (TPSA) is 29.3 Å². The van der Waals surface area contributed by atoms with Gasteiger partial charge in [-0.3, -0.25) is 4.90 Å². The maximum atomic E-state index is 5.89. The van der Waals surface area contributed by atoms with E-state index in [0.29, 0.717) is 0 Å². The minimum atomic E-state index is -0.224. The van der Waals surface area contributed by atoms with E-state index in [1.54, 1.807) is 0 Å². The van der Waals surface area contributed by atoms with E-state index in [0.717, 1.165) is 0 Å². The number of hydrogen-bond donors (Lipinski definition) is 1. The van der Waals surface area contributed by atoms with Crippen molar-refractivity contribution in [2.75, 3.05) is 7.05 Å². The van der Waals surface area contributed by atoms with E-state index in [1.807, 2.05) is 20.9 Å². The Morgan fingerprint density at radius 1 is 1.00 bits per heavy atom. The summed E-state index contributed by atoms with van der Waals surface area (Å²) in [6, 6.07) is 0. The molecule has 0 bridgehead atoms. The molecule has 0 amide bonds.